The van der Waals surface area contributed by atoms with Gasteiger partial charge in [0.25, 0.3) is 0 Å². The zero-order chi connectivity index (χ0) is 12.8. The summed E-state index contributed by atoms with van der Waals surface area (Å²) < 4.78 is 9.62. The highest BCUT2D eigenvalue weighted by Crippen LogP contribution is 2.21. The number of aldehydes is 1. The van der Waals surface area contributed by atoms with Crippen molar-refractivity contribution in [2.75, 3.05) is 7.11 Å². The van der Waals surface area contributed by atoms with Gasteiger partial charge in [-0.2, -0.15) is 0 Å². The van der Waals surface area contributed by atoms with Gasteiger partial charge in [0.15, 0.2) is 0 Å². The summed E-state index contributed by atoms with van der Waals surface area (Å²) in [7, 11) is 1.40. The summed E-state index contributed by atoms with van der Waals surface area (Å²) in [5, 5.41) is 1.71. The number of carbonyl (C=O) groups is 3. The van der Waals surface area contributed by atoms with Gasteiger partial charge in [-0.25, -0.2) is 14.9 Å². The first-order valence-corrected chi connectivity index (χ1v) is 4.47. The summed E-state index contributed by atoms with van der Waals surface area (Å²) in [5.74, 6) is 0.404. The molecule has 7 nitrogen and oxygen atoms in total. The molecule has 1 aromatic carbocycles. The molecule has 1 aromatic rings. The van der Waals surface area contributed by atoms with Gasteiger partial charge in [-0.3, -0.25) is 4.79 Å². The molecule has 17 heavy (non-hydrogen) atoms. The number of benzene rings is 1. The molecule has 0 radical (unpaired) electrons. The SMILES string of the molecule is COc1cc(C=O)cc(OC(=O)NC(N)=O)c1. The van der Waals surface area contributed by atoms with Crippen molar-refractivity contribution in [2.24, 2.45) is 5.73 Å². The highest BCUT2D eigenvalue weighted by Gasteiger charge is 2.09. The van der Waals surface area contributed by atoms with Crippen LogP contribution in [0.1, 0.15) is 10.4 Å². The molecule has 0 aliphatic heterocycles. The standard InChI is InChI=1S/C10H10N2O5/c1-16-7-2-6(5-13)3-8(4-7)17-10(15)12-9(11)14/h2-5H,1H3,(H3,11,12,14,15). The summed E-state index contributed by atoms with van der Waals surface area (Å²) >= 11 is 0. The van der Waals surface area contributed by atoms with Gasteiger partial charge in [0.05, 0.1) is 7.11 Å². The number of amides is 3. The van der Waals surface area contributed by atoms with Gasteiger partial charge in [-0.1, -0.05) is 0 Å². The van der Waals surface area contributed by atoms with E-state index in [4.69, 9.17) is 15.2 Å². The molecule has 3 amide bonds. The maximum Gasteiger partial charge on any atom is 0.420 e. The number of nitrogens with two attached hydrogens (primary N) is 1. The van der Waals surface area contributed by atoms with Gasteiger partial charge >= 0.3 is 12.1 Å². The molecule has 7 heteroatoms. The predicted octanol–water partition coefficient (Wildman–Crippen LogP) is 0.675. The van der Waals surface area contributed by atoms with E-state index in [9.17, 15) is 14.4 Å². The lowest BCUT2D eigenvalue weighted by atomic mass is 10.2. The van der Waals surface area contributed by atoms with Crippen molar-refractivity contribution in [3.63, 3.8) is 0 Å². The number of hydrogen-bond acceptors (Lipinski definition) is 5. The molecule has 0 aromatic heterocycles. The van der Waals surface area contributed by atoms with Crippen molar-refractivity contribution in [1.82, 2.24) is 5.32 Å². The van der Waals surface area contributed by atoms with Crippen LogP contribution in [0.4, 0.5) is 9.59 Å². The fraction of sp³-hybridized carbons (Fsp3) is 0.100. The molecule has 0 atom stereocenters. The number of imide groups is 1. The highest BCUT2D eigenvalue weighted by molar-refractivity contribution is 5.90. The molecule has 0 fully saturated rings. The number of nitrogens with one attached hydrogen (secondary N) is 1. The van der Waals surface area contributed by atoms with E-state index in [1.165, 1.54) is 25.3 Å². The Balaban J connectivity index is 2.86. The van der Waals surface area contributed by atoms with Crippen LogP contribution < -0.4 is 20.5 Å². The quantitative estimate of drug-likeness (QED) is 0.752. The second kappa shape index (κ2) is 5.50. The topological polar surface area (TPSA) is 108 Å². The number of urea groups is 1. The highest BCUT2D eigenvalue weighted by atomic mass is 16.6. The molecule has 0 heterocycles. The van der Waals surface area contributed by atoms with Gasteiger partial charge < -0.3 is 15.2 Å². The van der Waals surface area contributed by atoms with Crippen molar-refractivity contribution in [3.8, 4) is 11.5 Å². The van der Waals surface area contributed by atoms with E-state index < -0.39 is 12.1 Å². The lowest BCUT2D eigenvalue weighted by molar-refractivity contribution is 0.112. The second-order valence-electron chi connectivity index (χ2n) is 2.94. The molecule has 0 aliphatic rings. The maximum atomic E-state index is 11.1. The Kier molecular flexibility index (Phi) is 4.04. The minimum absolute atomic E-state index is 0.0604. The summed E-state index contributed by atoms with van der Waals surface area (Å²) in [6.45, 7) is 0. The van der Waals surface area contributed by atoms with Crippen LogP contribution in [0.5, 0.6) is 11.5 Å². The smallest absolute Gasteiger partial charge is 0.420 e. The van der Waals surface area contributed by atoms with E-state index >= 15 is 0 Å². The minimum atomic E-state index is -1.04. The molecule has 0 bridgehead atoms. The predicted molar refractivity (Wildman–Crippen MR) is 57.1 cm³/mol. The largest absolute Gasteiger partial charge is 0.497 e. The molecule has 0 spiro atoms. The van der Waals surface area contributed by atoms with E-state index in [2.05, 4.69) is 0 Å². The molecule has 0 saturated carbocycles. The summed E-state index contributed by atoms with van der Waals surface area (Å²) in [6, 6.07) is 3.13. The van der Waals surface area contributed by atoms with Crippen LogP contribution in [-0.2, 0) is 0 Å². The van der Waals surface area contributed by atoms with Crippen molar-refractivity contribution in [1.29, 1.82) is 0 Å². The van der Waals surface area contributed by atoms with Crippen molar-refractivity contribution >= 4 is 18.4 Å². The third kappa shape index (κ3) is 3.82. The van der Waals surface area contributed by atoms with Crippen molar-refractivity contribution in [2.45, 2.75) is 0 Å². The number of ether oxygens (including phenoxy) is 2. The Morgan fingerprint density at radius 3 is 2.47 bits per heavy atom. The fourth-order valence-corrected chi connectivity index (χ4v) is 1.07. The maximum absolute atomic E-state index is 11.1. The lowest BCUT2D eigenvalue weighted by Crippen LogP contribution is -2.36. The van der Waals surface area contributed by atoms with Crippen LogP contribution >= 0.6 is 0 Å². The van der Waals surface area contributed by atoms with Crippen LogP contribution in [-0.4, -0.2) is 25.5 Å². The molecule has 0 saturated heterocycles. The third-order valence-corrected chi connectivity index (χ3v) is 1.71. The van der Waals surface area contributed by atoms with Gasteiger partial charge in [-0.05, 0) is 12.1 Å². The number of carbonyl (C=O) groups excluding carboxylic acids is 3. The second-order valence-corrected chi connectivity index (χ2v) is 2.94. The summed E-state index contributed by atoms with van der Waals surface area (Å²) in [5.41, 5.74) is 5.00. The Morgan fingerprint density at radius 1 is 1.29 bits per heavy atom. The molecule has 90 valence electrons. The van der Waals surface area contributed by atoms with E-state index in [0.29, 0.717) is 12.0 Å². The lowest BCUT2D eigenvalue weighted by Gasteiger charge is -2.06. The molecule has 0 unspecified atom stereocenters. The van der Waals surface area contributed by atoms with E-state index in [0.717, 1.165) is 0 Å². The summed E-state index contributed by atoms with van der Waals surface area (Å²) in [6.07, 6.45) is -0.468. The van der Waals surface area contributed by atoms with Crippen LogP contribution in [0.25, 0.3) is 0 Å². The average Bonchev–Trinajstić information content (AvgIpc) is 2.27. The molecular formula is C10H10N2O5. The molecule has 3 N–H and O–H groups in total. The van der Waals surface area contributed by atoms with E-state index in [1.807, 2.05) is 0 Å². The number of primary amides is 1. The van der Waals surface area contributed by atoms with Crippen LogP contribution in [0, 0.1) is 0 Å². The van der Waals surface area contributed by atoms with Crippen LogP contribution in [0.3, 0.4) is 0 Å². The van der Waals surface area contributed by atoms with Crippen LogP contribution in [0.15, 0.2) is 18.2 Å². The van der Waals surface area contributed by atoms with Gasteiger partial charge in [-0.15, -0.1) is 0 Å². The zero-order valence-corrected chi connectivity index (χ0v) is 8.93. The van der Waals surface area contributed by atoms with Gasteiger partial charge in [0.1, 0.15) is 17.8 Å². The summed E-state index contributed by atoms with van der Waals surface area (Å²) in [4.78, 5) is 32.0. The first-order valence-electron chi connectivity index (χ1n) is 4.47. The fourth-order valence-electron chi connectivity index (χ4n) is 1.07. The van der Waals surface area contributed by atoms with Gasteiger partial charge in [0, 0.05) is 11.6 Å². The van der Waals surface area contributed by atoms with Crippen molar-refractivity contribution in [3.05, 3.63) is 23.8 Å². The average molecular weight is 238 g/mol. The Labute approximate surface area is 96.5 Å². The normalized spacial score (nSPS) is 9.24. The van der Waals surface area contributed by atoms with E-state index in [1.54, 1.807) is 5.32 Å². The van der Waals surface area contributed by atoms with E-state index in [-0.39, 0.29) is 11.3 Å². The van der Waals surface area contributed by atoms with Crippen molar-refractivity contribution < 1.29 is 23.9 Å². The first kappa shape index (κ1) is 12.5. The monoisotopic (exact) mass is 238 g/mol. The molecular weight excluding hydrogens is 228 g/mol. The Hall–Kier alpha value is -2.57. The first-order chi connectivity index (χ1) is 8.05. The zero-order valence-electron chi connectivity index (χ0n) is 8.93. The number of rotatable bonds is 3. The third-order valence-electron chi connectivity index (χ3n) is 1.71. The van der Waals surface area contributed by atoms with Gasteiger partial charge in [0.2, 0.25) is 0 Å². The molecule has 0 aliphatic carbocycles. The minimum Gasteiger partial charge on any atom is -0.497 e. The number of methoxy groups -OCH3 is 1. The Bertz CT molecular complexity index is 458. The molecule has 1 rings (SSSR count). The number of hydrogen-bond donors (Lipinski definition) is 2. The van der Waals surface area contributed by atoms with Crippen LogP contribution in [0.2, 0.25) is 0 Å². The Morgan fingerprint density at radius 2 is 1.94 bits per heavy atom.